The summed E-state index contributed by atoms with van der Waals surface area (Å²) in [6, 6.07) is 16.3. The highest BCUT2D eigenvalue weighted by Gasteiger charge is 2.16. The molecule has 0 radical (unpaired) electrons. The highest BCUT2D eigenvalue weighted by molar-refractivity contribution is 6.03. The Balaban J connectivity index is 2.06. The number of nitrogens with zero attached hydrogens (tertiary/aromatic N) is 2. The first-order chi connectivity index (χ1) is 10.2. The largest absolute Gasteiger partial charge is 0.454 e. The van der Waals surface area contributed by atoms with Crippen molar-refractivity contribution >= 4 is 22.1 Å². The number of rotatable bonds is 1. The van der Waals surface area contributed by atoms with Crippen molar-refractivity contribution in [3.05, 3.63) is 60.4 Å². The molecule has 102 valence electrons. The minimum absolute atomic E-state index is 0.834. The maximum absolute atomic E-state index is 5.94. The van der Waals surface area contributed by atoms with Gasteiger partial charge in [-0.25, -0.2) is 9.55 Å². The van der Waals surface area contributed by atoms with E-state index in [2.05, 4.69) is 22.8 Å². The van der Waals surface area contributed by atoms with Crippen LogP contribution in [0.3, 0.4) is 0 Å². The number of aryl methyl sites for hydroxylation is 2. The maximum Gasteiger partial charge on any atom is 0.214 e. The Kier molecular flexibility index (Phi) is 2.54. The quantitative estimate of drug-likeness (QED) is 0.495. The number of fused-ring (bicyclic) bond motifs is 3. The molecule has 0 unspecified atom stereocenters. The Hall–Kier alpha value is -2.68. The van der Waals surface area contributed by atoms with Gasteiger partial charge in [0.25, 0.3) is 0 Å². The Morgan fingerprint density at radius 2 is 1.81 bits per heavy atom. The predicted octanol–water partition coefficient (Wildman–Crippen LogP) is 3.78. The van der Waals surface area contributed by atoms with E-state index < -0.39 is 0 Å². The second-order valence-corrected chi connectivity index (χ2v) is 5.26. The van der Waals surface area contributed by atoms with Crippen molar-refractivity contribution in [1.29, 1.82) is 0 Å². The van der Waals surface area contributed by atoms with E-state index in [0.29, 0.717) is 0 Å². The van der Waals surface area contributed by atoms with Crippen LogP contribution in [0.2, 0.25) is 0 Å². The van der Waals surface area contributed by atoms with Crippen LogP contribution in [-0.2, 0) is 7.05 Å². The van der Waals surface area contributed by atoms with Crippen LogP contribution in [0.4, 0.5) is 0 Å². The molecule has 0 atom stereocenters. The smallest absolute Gasteiger partial charge is 0.214 e. The SMILES string of the molecule is Cc1nc2c(cc1-c1cccc[n+]1C)oc1ccccc12. The summed E-state index contributed by atoms with van der Waals surface area (Å²) in [6.45, 7) is 2.05. The third-order valence-corrected chi connectivity index (χ3v) is 3.87. The summed E-state index contributed by atoms with van der Waals surface area (Å²) in [7, 11) is 2.04. The topological polar surface area (TPSA) is 29.9 Å². The zero-order valence-electron chi connectivity index (χ0n) is 12.0. The fourth-order valence-corrected chi connectivity index (χ4v) is 2.79. The second-order valence-electron chi connectivity index (χ2n) is 5.26. The number of benzene rings is 1. The molecule has 0 bridgehead atoms. The van der Waals surface area contributed by atoms with Crippen molar-refractivity contribution in [2.45, 2.75) is 6.92 Å². The third-order valence-electron chi connectivity index (χ3n) is 3.87. The zero-order chi connectivity index (χ0) is 14.4. The molecule has 1 aromatic carbocycles. The van der Waals surface area contributed by atoms with Gasteiger partial charge < -0.3 is 4.42 Å². The molecule has 21 heavy (non-hydrogen) atoms. The fourth-order valence-electron chi connectivity index (χ4n) is 2.79. The Morgan fingerprint density at radius 1 is 1.00 bits per heavy atom. The van der Waals surface area contributed by atoms with Gasteiger partial charge in [-0.1, -0.05) is 12.1 Å². The first-order valence-electron chi connectivity index (χ1n) is 6.98. The molecule has 0 fully saturated rings. The van der Waals surface area contributed by atoms with Crippen LogP contribution in [0.5, 0.6) is 0 Å². The van der Waals surface area contributed by atoms with Gasteiger partial charge in [0.15, 0.2) is 11.8 Å². The predicted molar refractivity (Wildman–Crippen MR) is 82.9 cm³/mol. The molecular formula is C18H15N2O+. The lowest BCUT2D eigenvalue weighted by molar-refractivity contribution is -0.660. The van der Waals surface area contributed by atoms with Crippen molar-refractivity contribution in [3.8, 4) is 11.3 Å². The molecule has 0 saturated heterocycles. The van der Waals surface area contributed by atoms with Gasteiger partial charge in [0.05, 0.1) is 11.3 Å². The molecule has 3 aromatic heterocycles. The molecule has 3 heteroatoms. The van der Waals surface area contributed by atoms with E-state index in [-0.39, 0.29) is 0 Å². The average Bonchev–Trinajstić information content (AvgIpc) is 2.85. The monoisotopic (exact) mass is 275 g/mol. The van der Waals surface area contributed by atoms with Crippen molar-refractivity contribution in [2.75, 3.05) is 0 Å². The fraction of sp³-hybridized carbons (Fsp3) is 0.111. The summed E-state index contributed by atoms with van der Waals surface area (Å²) >= 11 is 0. The number of furan rings is 1. The molecule has 0 aliphatic rings. The van der Waals surface area contributed by atoms with E-state index in [1.165, 1.54) is 0 Å². The molecule has 3 nitrogen and oxygen atoms in total. The summed E-state index contributed by atoms with van der Waals surface area (Å²) in [4.78, 5) is 4.77. The molecule has 4 rings (SSSR count). The van der Waals surface area contributed by atoms with Crippen LogP contribution in [0.1, 0.15) is 5.69 Å². The molecule has 0 aliphatic carbocycles. The minimum atomic E-state index is 0.834. The van der Waals surface area contributed by atoms with E-state index in [9.17, 15) is 0 Å². The first kappa shape index (κ1) is 12.1. The number of pyridine rings is 2. The summed E-state index contributed by atoms with van der Waals surface area (Å²) in [6.07, 6.45) is 2.04. The Bertz CT molecular complexity index is 969. The van der Waals surface area contributed by atoms with Crippen LogP contribution in [0, 0.1) is 6.92 Å². The summed E-state index contributed by atoms with van der Waals surface area (Å²) < 4.78 is 8.03. The molecule has 3 heterocycles. The number of para-hydroxylation sites is 1. The molecule has 0 amide bonds. The lowest BCUT2D eigenvalue weighted by Crippen LogP contribution is -2.30. The number of hydrogen-bond donors (Lipinski definition) is 0. The highest BCUT2D eigenvalue weighted by Crippen LogP contribution is 2.31. The molecule has 0 spiro atoms. The van der Waals surface area contributed by atoms with Crippen molar-refractivity contribution in [3.63, 3.8) is 0 Å². The van der Waals surface area contributed by atoms with Crippen molar-refractivity contribution in [2.24, 2.45) is 7.05 Å². The van der Waals surface area contributed by atoms with E-state index in [1.54, 1.807) is 0 Å². The van der Waals surface area contributed by atoms with Gasteiger partial charge in [-0.3, -0.25) is 0 Å². The summed E-state index contributed by atoms with van der Waals surface area (Å²) in [5, 5.41) is 1.07. The number of hydrogen-bond acceptors (Lipinski definition) is 2. The summed E-state index contributed by atoms with van der Waals surface area (Å²) in [5.74, 6) is 0. The van der Waals surface area contributed by atoms with Crippen LogP contribution >= 0.6 is 0 Å². The van der Waals surface area contributed by atoms with E-state index in [1.807, 2.05) is 50.5 Å². The Morgan fingerprint density at radius 3 is 2.67 bits per heavy atom. The molecule has 0 N–H and O–H groups in total. The molecule has 4 aromatic rings. The van der Waals surface area contributed by atoms with Crippen LogP contribution in [-0.4, -0.2) is 4.98 Å². The average molecular weight is 275 g/mol. The van der Waals surface area contributed by atoms with Gasteiger partial charge in [-0.05, 0) is 31.2 Å². The zero-order valence-corrected chi connectivity index (χ0v) is 12.0. The van der Waals surface area contributed by atoms with Crippen LogP contribution in [0.15, 0.2) is 59.1 Å². The molecule has 0 saturated carbocycles. The van der Waals surface area contributed by atoms with Gasteiger partial charge in [0.1, 0.15) is 18.1 Å². The second kappa shape index (κ2) is 4.42. The van der Waals surface area contributed by atoms with Crippen molar-refractivity contribution < 1.29 is 8.98 Å². The van der Waals surface area contributed by atoms with E-state index in [4.69, 9.17) is 9.40 Å². The van der Waals surface area contributed by atoms with Gasteiger partial charge in [0, 0.05) is 17.5 Å². The maximum atomic E-state index is 5.94. The van der Waals surface area contributed by atoms with Gasteiger partial charge in [-0.2, -0.15) is 0 Å². The van der Waals surface area contributed by atoms with E-state index in [0.717, 1.165) is 39.0 Å². The normalized spacial score (nSPS) is 11.3. The van der Waals surface area contributed by atoms with Crippen molar-refractivity contribution in [1.82, 2.24) is 4.98 Å². The minimum Gasteiger partial charge on any atom is -0.454 e. The summed E-state index contributed by atoms with van der Waals surface area (Å²) in [5.41, 5.74) is 5.89. The standard InChI is InChI=1S/C18H15N2O/c1-12-14(15-8-5-6-10-20(15)2)11-17-18(19-12)13-7-3-4-9-16(13)21-17/h3-11H,1-2H3/q+1. The highest BCUT2D eigenvalue weighted by atomic mass is 16.3. The van der Waals surface area contributed by atoms with E-state index >= 15 is 0 Å². The third kappa shape index (κ3) is 1.82. The number of aromatic nitrogens is 2. The lowest BCUT2D eigenvalue weighted by atomic mass is 10.1. The molecular weight excluding hydrogens is 260 g/mol. The van der Waals surface area contributed by atoms with Gasteiger partial charge in [0.2, 0.25) is 5.69 Å². The molecule has 0 aliphatic heterocycles. The Labute approximate surface area is 122 Å². The first-order valence-corrected chi connectivity index (χ1v) is 6.98. The lowest BCUT2D eigenvalue weighted by Gasteiger charge is -2.03. The van der Waals surface area contributed by atoms with Gasteiger partial charge in [-0.15, -0.1) is 0 Å². The van der Waals surface area contributed by atoms with Crippen LogP contribution < -0.4 is 4.57 Å². The van der Waals surface area contributed by atoms with Gasteiger partial charge >= 0.3 is 0 Å². The van der Waals surface area contributed by atoms with Crippen LogP contribution in [0.25, 0.3) is 33.3 Å².